The first-order chi connectivity index (χ1) is 11.7. The highest BCUT2D eigenvalue weighted by Gasteiger charge is 2.37. The Labute approximate surface area is 140 Å². The average Bonchev–Trinajstić information content (AvgIpc) is 2.51. The fourth-order valence-electron chi connectivity index (χ4n) is 1.98. The van der Waals surface area contributed by atoms with E-state index in [1.165, 1.54) is 25.1 Å². The first kappa shape index (κ1) is 18.4. The monoisotopic (exact) mass is 354 g/mol. The van der Waals surface area contributed by atoms with Crippen LogP contribution in [0.4, 0.5) is 23.5 Å². The number of aliphatic hydroxyl groups is 1. The zero-order valence-electron chi connectivity index (χ0n) is 13.0. The number of hydrogen-bond donors (Lipinski definition) is 3. The lowest BCUT2D eigenvalue weighted by Gasteiger charge is -2.13. The molecule has 1 aromatic heterocycles. The van der Waals surface area contributed by atoms with E-state index in [4.69, 9.17) is 5.41 Å². The second-order valence-corrected chi connectivity index (χ2v) is 5.15. The summed E-state index contributed by atoms with van der Waals surface area (Å²) in [6, 6.07) is 5.54. The van der Waals surface area contributed by atoms with E-state index in [0.717, 1.165) is 12.3 Å². The maximum atomic E-state index is 13.2. The molecule has 0 aliphatic heterocycles. The van der Waals surface area contributed by atoms with Gasteiger partial charge in [-0.3, -0.25) is 0 Å². The third-order valence-electron chi connectivity index (χ3n) is 3.03. The summed E-state index contributed by atoms with van der Waals surface area (Å²) in [6.07, 6.45) is -3.14. The van der Waals surface area contributed by atoms with E-state index in [9.17, 15) is 22.7 Å². The number of alkyl halides is 3. The van der Waals surface area contributed by atoms with Crippen LogP contribution in [0.15, 0.2) is 36.5 Å². The lowest BCUT2D eigenvalue weighted by molar-refractivity contribution is -0.141. The zero-order valence-corrected chi connectivity index (χ0v) is 13.0. The van der Waals surface area contributed by atoms with Gasteiger partial charge in [0, 0.05) is 24.5 Å². The van der Waals surface area contributed by atoms with Crippen LogP contribution in [-0.2, 0) is 12.7 Å². The SMILES string of the molecule is CC(=N)/C=C(\O)c1cnc(NCc2cccc(F)c2)nc1C(F)(F)F. The summed E-state index contributed by atoms with van der Waals surface area (Å²) in [5.41, 5.74) is -1.59. The summed E-state index contributed by atoms with van der Waals surface area (Å²) in [4.78, 5) is 7.13. The molecule has 0 saturated carbocycles. The van der Waals surface area contributed by atoms with Crippen LogP contribution < -0.4 is 5.32 Å². The minimum atomic E-state index is -4.83. The number of anilines is 1. The molecule has 3 N–H and O–H groups in total. The molecule has 0 unspecified atom stereocenters. The molecule has 0 amide bonds. The molecule has 9 heteroatoms. The second-order valence-electron chi connectivity index (χ2n) is 5.15. The van der Waals surface area contributed by atoms with Gasteiger partial charge >= 0.3 is 6.18 Å². The molecule has 0 fully saturated rings. The van der Waals surface area contributed by atoms with Gasteiger partial charge in [-0.15, -0.1) is 0 Å². The summed E-state index contributed by atoms with van der Waals surface area (Å²) in [5, 5.41) is 19.5. The van der Waals surface area contributed by atoms with Crippen molar-refractivity contribution in [3.05, 3.63) is 59.2 Å². The molecule has 2 rings (SSSR count). The summed E-state index contributed by atoms with van der Waals surface area (Å²) >= 11 is 0. The second kappa shape index (κ2) is 7.29. The maximum absolute atomic E-state index is 13.2. The number of hydrogen-bond acceptors (Lipinski definition) is 5. The van der Waals surface area contributed by atoms with Crippen LogP contribution in [0.3, 0.4) is 0 Å². The highest BCUT2D eigenvalue weighted by molar-refractivity contribution is 5.95. The van der Waals surface area contributed by atoms with Gasteiger partial charge in [-0.25, -0.2) is 14.4 Å². The number of allylic oxidation sites excluding steroid dienone is 1. The lowest BCUT2D eigenvalue weighted by Crippen LogP contribution is -2.15. The van der Waals surface area contributed by atoms with Gasteiger partial charge in [0.05, 0.1) is 5.56 Å². The average molecular weight is 354 g/mol. The fraction of sp³-hybridized carbons (Fsp3) is 0.188. The first-order valence-electron chi connectivity index (χ1n) is 7.05. The summed E-state index contributed by atoms with van der Waals surface area (Å²) in [5.74, 6) is -1.54. The van der Waals surface area contributed by atoms with E-state index < -0.39 is 29.0 Å². The normalized spacial score (nSPS) is 12.1. The third kappa shape index (κ3) is 5.00. The third-order valence-corrected chi connectivity index (χ3v) is 3.03. The number of aliphatic hydroxyl groups excluding tert-OH is 1. The predicted octanol–water partition coefficient (Wildman–Crippen LogP) is 4.19. The zero-order chi connectivity index (χ0) is 18.6. The molecule has 0 atom stereocenters. The van der Waals surface area contributed by atoms with Gasteiger partial charge < -0.3 is 15.8 Å². The summed E-state index contributed by atoms with van der Waals surface area (Å²) in [7, 11) is 0. The van der Waals surface area contributed by atoms with Crippen LogP contribution >= 0.6 is 0 Å². The molecular weight excluding hydrogens is 340 g/mol. The van der Waals surface area contributed by atoms with E-state index in [1.807, 2.05) is 0 Å². The molecule has 0 aliphatic carbocycles. The van der Waals surface area contributed by atoms with E-state index in [2.05, 4.69) is 15.3 Å². The van der Waals surface area contributed by atoms with Crippen molar-refractivity contribution < 1.29 is 22.7 Å². The minimum Gasteiger partial charge on any atom is -0.507 e. The summed E-state index contributed by atoms with van der Waals surface area (Å²) in [6.45, 7) is 1.33. The highest BCUT2D eigenvalue weighted by Crippen LogP contribution is 2.33. The van der Waals surface area contributed by atoms with Crippen LogP contribution in [0.5, 0.6) is 0 Å². The van der Waals surface area contributed by atoms with Crippen molar-refractivity contribution in [2.45, 2.75) is 19.6 Å². The number of benzene rings is 1. The van der Waals surface area contributed by atoms with Gasteiger partial charge in [-0.2, -0.15) is 13.2 Å². The maximum Gasteiger partial charge on any atom is 0.434 e. The van der Waals surface area contributed by atoms with Gasteiger partial charge in [0.25, 0.3) is 0 Å². The van der Waals surface area contributed by atoms with Crippen molar-refractivity contribution in [2.24, 2.45) is 0 Å². The van der Waals surface area contributed by atoms with Crippen molar-refractivity contribution in [1.29, 1.82) is 5.41 Å². The smallest absolute Gasteiger partial charge is 0.434 e. The van der Waals surface area contributed by atoms with Crippen LogP contribution in [0.2, 0.25) is 0 Å². The first-order valence-corrected chi connectivity index (χ1v) is 7.05. The van der Waals surface area contributed by atoms with Crippen LogP contribution in [-0.4, -0.2) is 20.8 Å². The van der Waals surface area contributed by atoms with E-state index in [1.54, 1.807) is 6.07 Å². The molecule has 1 aromatic carbocycles. The molecule has 2 aromatic rings. The Balaban J connectivity index is 2.31. The number of aromatic nitrogens is 2. The molecule has 0 saturated heterocycles. The van der Waals surface area contributed by atoms with Crippen LogP contribution in [0.1, 0.15) is 23.7 Å². The fourth-order valence-corrected chi connectivity index (χ4v) is 1.98. The molecule has 0 bridgehead atoms. The van der Waals surface area contributed by atoms with E-state index >= 15 is 0 Å². The largest absolute Gasteiger partial charge is 0.507 e. The summed E-state index contributed by atoms with van der Waals surface area (Å²) < 4.78 is 52.6. The van der Waals surface area contributed by atoms with E-state index in [0.29, 0.717) is 5.56 Å². The van der Waals surface area contributed by atoms with Crippen molar-refractivity contribution in [2.75, 3.05) is 5.32 Å². The Kier molecular flexibility index (Phi) is 5.35. The van der Waals surface area contributed by atoms with E-state index in [-0.39, 0.29) is 18.2 Å². The topological polar surface area (TPSA) is 81.9 Å². The molecule has 0 spiro atoms. The molecule has 25 heavy (non-hydrogen) atoms. The molecular formula is C16H14F4N4O. The van der Waals surface area contributed by atoms with Gasteiger partial charge in [0.2, 0.25) is 5.95 Å². The lowest BCUT2D eigenvalue weighted by atomic mass is 10.1. The molecule has 0 radical (unpaired) electrons. The molecule has 5 nitrogen and oxygen atoms in total. The highest BCUT2D eigenvalue weighted by atomic mass is 19.4. The molecule has 1 heterocycles. The van der Waals surface area contributed by atoms with Crippen molar-refractivity contribution in [1.82, 2.24) is 9.97 Å². The predicted molar refractivity (Wildman–Crippen MR) is 84.8 cm³/mol. The Morgan fingerprint density at radius 1 is 1.36 bits per heavy atom. The molecule has 0 aliphatic rings. The van der Waals surface area contributed by atoms with Crippen LogP contribution in [0, 0.1) is 11.2 Å². The standard InChI is InChI=1S/C16H14F4N4O/c1-9(21)5-13(25)12-8-23-15(24-14(12)16(18,19)20)22-7-10-3-2-4-11(17)6-10/h2-6,8,21,25H,7H2,1H3,(H,22,23,24)/b13-5-,21-9?. The van der Waals surface area contributed by atoms with Crippen molar-refractivity contribution in [3.63, 3.8) is 0 Å². The Morgan fingerprint density at radius 3 is 2.68 bits per heavy atom. The van der Waals surface area contributed by atoms with Gasteiger partial charge in [0.1, 0.15) is 11.6 Å². The quantitative estimate of drug-likeness (QED) is 0.427. The van der Waals surface area contributed by atoms with Crippen LogP contribution in [0.25, 0.3) is 5.76 Å². The van der Waals surface area contributed by atoms with Gasteiger partial charge in [-0.1, -0.05) is 12.1 Å². The minimum absolute atomic E-state index is 0.0236. The van der Waals surface area contributed by atoms with Gasteiger partial charge in [-0.05, 0) is 24.6 Å². The Morgan fingerprint density at radius 2 is 2.08 bits per heavy atom. The molecule has 132 valence electrons. The number of rotatable bonds is 5. The van der Waals surface area contributed by atoms with Crippen molar-refractivity contribution >= 4 is 17.4 Å². The Hall–Kier alpha value is -2.97. The number of nitrogens with zero attached hydrogens (tertiary/aromatic N) is 2. The Bertz CT molecular complexity index is 818. The number of halogens is 4. The van der Waals surface area contributed by atoms with Gasteiger partial charge in [0.15, 0.2) is 5.69 Å². The van der Waals surface area contributed by atoms with Crippen molar-refractivity contribution in [3.8, 4) is 0 Å². The number of nitrogens with one attached hydrogen (secondary N) is 2.